The molecule has 1 rings (SSSR count). The molecule has 0 unspecified atom stereocenters. The zero-order chi connectivity index (χ0) is 13.9. The van der Waals surface area contributed by atoms with Crippen LogP contribution in [0.3, 0.4) is 0 Å². The molecule has 0 spiro atoms. The normalized spacial score (nSPS) is 24.2. The van der Waals surface area contributed by atoms with E-state index in [1.165, 1.54) is 19.3 Å². The molecule has 1 aliphatic heterocycles. The quantitative estimate of drug-likeness (QED) is 0.606. The number of cyclic esters (lactones) is 1. The summed E-state index contributed by atoms with van der Waals surface area (Å²) < 4.78 is 5.21. The first-order valence-corrected chi connectivity index (χ1v) is 7.94. The largest absolute Gasteiger partial charge is 0.464 e. The van der Waals surface area contributed by atoms with E-state index >= 15 is 0 Å². The van der Waals surface area contributed by atoms with Crippen LogP contribution in [-0.2, 0) is 14.3 Å². The van der Waals surface area contributed by atoms with Crippen LogP contribution in [0.4, 0.5) is 0 Å². The fourth-order valence-electron chi connectivity index (χ4n) is 2.19. The highest BCUT2D eigenvalue weighted by atomic mass is 32.1. The van der Waals surface area contributed by atoms with Gasteiger partial charge in [0.05, 0.1) is 6.61 Å². The van der Waals surface area contributed by atoms with Crippen molar-refractivity contribution >= 4 is 24.5 Å². The molecule has 1 saturated heterocycles. The summed E-state index contributed by atoms with van der Waals surface area (Å²) in [5.74, 6) is 0.181. The third kappa shape index (κ3) is 7.45. The molecule has 1 heterocycles. The lowest BCUT2D eigenvalue weighted by atomic mass is 10.1. The van der Waals surface area contributed by atoms with Gasteiger partial charge >= 0.3 is 5.97 Å². The van der Waals surface area contributed by atoms with Crippen LogP contribution in [0.1, 0.15) is 57.8 Å². The summed E-state index contributed by atoms with van der Waals surface area (Å²) in [6.07, 6.45) is 8.60. The van der Waals surface area contributed by atoms with E-state index in [1.807, 2.05) is 0 Å². The first kappa shape index (κ1) is 16.3. The molecule has 0 aromatic heterocycles. The highest BCUT2D eigenvalue weighted by molar-refractivity contribution is 7.80. The van der Waals surface area contributed by atoms with Crippen LogP contribution in [0.2, 0.25) is 0 Å². The summed E-state index contributed by atoms with van der Waals surface area (Å²) in [5.41, 5.74) is 0. The minimum absolute atomic E-state index is 0.0548. The van der Waals surface area contributed by atoms with Gasteiger partial charge in [0.25, 0.3) is 0 Å². The second-order valence-corrected chi connectivity index (χ2v) is 5.47. The zero-order valence-corrected chi connectivity index (χ0v) is 12.4. The van der Waals surface area contributed by atoms with Gasteiger partial charge in [-0.25, -0.2) is 4.79 Å². The van der Waals surface area contributed by atoms with Crippen LogP contribution in [0, 0.1) is 0 Å². The zero-order valence-electron chi connectivity index (χ0n) is 11.5. The summed E-state index contributed by atoms with van der Waals surface area (Å²) in [5, 5.41) is 2.76. The summed E-state index contributed by atoms with van der Waals surface area (Å²) in [6, 6.07) is -0.534. The number of amides is 1. The Hall–Kier alpha value is -0.710. The first-order chi connectivity index (χ1) is 9.24. The lowest BCUT2D eigenvalue weighted by Gasteiger charge is -2.17. The molecule has 1 atom stereocenters. The van der Waals surface area contributed by atoms with Crippen molar-refractivity contribution in [1.29, 1.82) is 0 Å². The average molecular weight is 287 g/mol. The number of hydrogen-bond donors (Lipinski definition) is 2. The molecule has 1 aliphatic rings. The predicted molar refractivity (Wildman–Crippen MR) is 78.3 cm³/mol. The molecular formula is C14H25NO3S. The lowest BCUT2D eigenvalue weighted by molar-refractivity contribution is -0.148. The van der Waals surface area contributed by atoms with Gasteiger partial charge in [0, 0.05) is 6.42 Å². The molecule has 0 aromatic rings. The maximum absolute atomic E-state index is 11.8. The van der Waals surface area contributed by atoms with E-state index in [9.17, 15) is 9.59 Å². The van der Waals surface area contributed by atoms with Crippen molar-refractivity contribution in [3.8, 4) is 0 Å². The van der Waals surface area contributed by atoms with E-state index in [0.717, 1.165) is 25.7 Å². The Morgan fingerprint density at radius 2 is 1.68 bits per heavy atom. The lowest BCUT2D eigenvalue weighted by Crippen LogP contribution is -2.42. The summed E-state index contributed by atoms with van der Waals surface area (Å²) in [7, 11) is 0. The fourth-order valence-corrected chi connectivity index (χ4v) is 2.45. The van der Waals surface area contributed by atoms with Gasteiger partial charge in [-0.15, -0.1) is 0 Å². The van der Waals surface area contributed by atoms with Crippen molar-refractivity contribution in [2.45, 2.75) is 63.8 Å². The monoisotopic (exact) mass is 287 g/mol. The number of nitrogens with one attached hydrogen (secondary N) is 1. The summed E-state index contributed by atoms with van der Waals surface area (Å²) in [6.45, 7) is 0.456. The number of hydrogen-bond acceptors (Lipinski definition) is 4. The SMILES string of the molecule is O=C1CCCCCCCCCOC(=O)[C@H](CCS)N1. The van der Waals surface area contributed by atoms with E-state index in [1.54, 1.807) is 0 Å². The highest BCUT2D eigenvalue weighted by Crippen LogP contribution is 2.10. The van der Waals surface area contributed by atoms with Gasteiger partial charge < -0.3 is 10.1 Å². The molecule has 0 bridgehead atoms. The minimum Gasteiger partial charge on any atom is -0.464 e. The maximum atomic E-state index is 11.8. The van der Waals surface area contributed by atoms with Gasteiger partial charge in [0.2, 0.25) is 5.91 Å². The number of rotatable bonds is 2. The van der Waals surface area contributed by atoms with Crippen molar-refractivity contribution in [2.24, 2.45) is 0 Å². The third-order valence-corrected chi connectivity index (χ3v) is 3.59. The molecule has 19 heavy (non-hydrogen) atoms. The maximum Gasteiger partial charge on any atom is 0.328 e. The van der Waals surface area contributed by atoms with E-state index in [-0.39, 0.29) is 11.9 Å². The van der Waals surface area contributed by atoms with Gasteiger partial charge in [-0.05, 0) is 25.0 Å². The summed E-state index contributed by atoms with van der Waals surface area (Å²) >= 11 is 4.12. The molecule has 0 radical (unpaired) electrons. The van der Waals surface area contributed by atoms with Crippen LogP contribution in [0.25, 0.3) is 0 Å². The topological polar surface area (TPSA) is 55.4 Å². The summed E-state index contributed by atoms with van der Waals surface area (Å²) in [4.78, 5) is 23.6. The molecular weight excluding hydrogens is 262 g/mol. The second-order valence-electron chi connectivity index (χ2n) is 5.02. The first-order valence-electron chi connectivity index (χ1n) is 7.31. The molecule has 4 nitrogen and oxygen atoms in total. The Morgan fingerprint density at radius 1 is 1.05 bits per heavy atom. The number of esters is 1. The van der Waals surface area contributed by atoms with E-state index in [2.05, 4.69) is 17.9 Å². The Balaban J connectivity index is 2.49. The Morgan fingerprint density at radius 3 is 2.37 bits per heavy atom. The van der Waals surface area contributed by atoms with Gasteiger partial charge in [0.1, 0.15) is 6.04 Å². The van der Waals surface area contributed by atoms with Crippen LogP contribution < -0.4 is 5.32 Å². The second kappa shape index (κ2) is 10.1. The van der Waals surface area contributed by atoms with Crippen molar-refractivity contribution in [3.05, 3.63) is 0 Å². The van der Waals surface area contributed by atoms with Crippen molar-refractivity contribution < 1.29 is 14.3 Å². The van der Waals surface area contributed by atoms with Crippen LogP contribution in [-0.4, -0.2) is 30.3 Å². The van der Waals surface area contributed by atoms with Crippen LogP contribution in [0.15, 0.2) is 0 Å². The molecule has 110 valence electrons. The van der Waals surface area contributed by atoms with Crippen molar-refractivity contribution in [2.75, 3.05) is 12.4 Å². The highest BCUT2D eigenvalue weighted by Gasteiger charge is 2.21. The average Bonchev–Trinajstić information content (AvgIpc) is 2.39. The van der Waals surface area contributed by atoms with Gasteiger partial charge in [-0.1, -0.05) is 32.1 Å². The van der Waals surface area contributed by atoms with Gasteiger partial charge in [-0.3, -0.25) is 4.79 Å². The smallest absolute Gasteiger partial charge is 0.328 e. The number of carbonyl (C=O) groups is 2. The Kier molecular flexibility index (Phi) is 8.71. The molecule has 5 heteroatoms. The third-order valence-electron chi connectivity index (χ3n) is 3.33. The van der Waals surface area contributed by atoms with E-state index in [0.29, 0.717) is 25.2 Å². The van der Waals surface area contributed by atoms with E-state index < -0.39 is 6.04 Å². The standard InChI is InChI=1S/C14H25NO3S/c16-13-8-6-4-2-1-3-5-7-10-18-14(17)12(15-13)9-11-19/h12,19H,1-11H2,(H,15,16)/t12-/m0/s1. The Bertz CT molecular complexity index is 284. The van der Waals surface area contributed by atoms with Gasteiger partial charge in [-0.2, -0.15) is 12.6 Å². The van der Waals surface area contributed by atoms with Gasteiger partial charge in [0.15, 0.2) is 0 Å². The molecule has 1 fully saturated rings. The fraction of sp³-hybridized carbons (Fsp3) is 0.857. The van der Waals surface area contributed by atoms with E-state index in [4.69, 9.17) is 4.74 Å². The molecule has 0 aromatic carbocycles. The van der Waals surface area contributed by atoms with Crippen molar-refractivity contribution in [1.82, 2.24) is 5.32 Å². The minimum atomic E-state index is -0.534. The van der Waals surface area contributed by atoms with Crippen molar-refractivity contribution in [3.63, 3.8) is 0 Å². The molecule has 1 amide bonds. The molecule has 0 saturated carbocycles. The number of thiol groups is 1. The van der Waals surface area contributed by atoms with Crippen LogP contribution in [0.5, 0.6) is 0 Å². The predicted octanol–water partition coefficient (Wildman–Crippen LogP) is 2.47. The van der Waals surface area contributed by atoms with Crippen LogP contribution >= 0.6 is 12.6 Å². The number of ether oxygens (including phenoxy) is 1. The number of carbonyl (C=O) groups excluding carboxylic acids is 2. The molecule has 1 N–H and O–H groups in total. The molecule has 0 aliphatic carbocycles. The Labute approximate surface area is 121 Å².